The van der Waals surface area contributed by atoms with E-state index < -0.39 is 9.84 Å². The fraction of sp³-hybridized carbons (Fsp3) is 0.200. The normalized spacial score (nSPS) is 11.2. The van der Waals surface area contributed by atoms with Crippen LogP contribution in [0.3, 0.4) is 0 Å². The number of methoxy groups -OCH3 is 1. The van der Waals surface area contributed by atoms with Gasteiger partial charge in [-0.15, -0.1) is 0 Å². The predicted molar refractivity (Wildman–Crippen MR) is 75.7 cm³/mol. The number of hydrogen-bond acceptors (Lipinski definition) is 4. The van der Waals surface area contributed by atoms with E-state index in [0.29, 0.717) is 19.0 Å². The molecule has 2 aromatic carbocycles. The van der Waals surface area contributed by atoms with Gasteiger partial charge in [0.1, 0.15) is 12.4 Å². The number of sulfone groups is 1. The highest BCUT2D eigenvalue weighted by atomic mass is 32.2. The quantitative estimate of drug-likeness (QED) is 0.768. The highest BCUT2D eigenvalue weighted by Gasteiger charge is 2.16. The van der Waals surface area contributed by atoms with Crippen molar-refractivity contribution in [1.82, 2.24) is 0 Å². The van der Waals surface area contributed by atoms with Gasteiger partial charge in [0.05, 0.1) is 16.4 Å². The SMILES string of the molecule is COCCOc1ccc(S(=O)(=O)c2ccccc2)cc1. The summed E-state index contributed by atoms with van der Waals surface area (Å²) in [5.41, 5.74) is 0. The second kappa shape index (κ2) is 6.54. The molecule has 0 aliphatic rings. The minimum absolute atomic E-state index is 0.253. The lowest BCUT2D eigenvalue weighted by atomic mass is 10.3. The molecular formula is C15H16O4S. The van der Waals surface area contributed by atoms with Gasteiger partial charge < -0.3 is 9.47 Å². The van der Waals surface area contributed by atoms with Crippen LogP contribution in [0.25, 0.3) is 0 Å². The van der Waals surface area contributed by atoms with Gasteiger partial charge in [0, 0.05) is 7.11 Å². The van der Waals surface area contributed by atoms with Crippen LogP contribution < -0.4 is 4.74 Å². The molecule has 106 valence electrons. The van der Waals surface area contributed by atoms with Gasteiger partial charge in [-0.2, -0.15) is 0 Å². The monoisotopic (exact) mass is 292 g/mol. The maximum Gasteiger partial charge on any atom is 0.206 e. The zero-order valence-electron chi connectivity index (χ0n) is 11.2. The molecule has 0 amide bonds. The molecule has 0 aromatic heterocycles. The molecule has 0 saturated carbocycles. The fourth-order valence-electron chi connectivity index (χ4n) is 1.69. The van der Waals surface area contributed by atoms with Gasteiger partial charge >= 0.3 is 0 Å². The molecule has 0 heterocycles. The van der Waals surface area contributed by atoms with Crippen molar-refractivity contribution in [2.75, 3.05) is 20.3 Å². The van der Waals surface area contributed by atoms with E-state index in [0.717, 1.165) is 0 Å². The molecule has 5 heteroatoms. The maximum atomic E-state index is 12.3. The molecule has 0 saturated heterocycles. The average Bonchev–Trinajstić information content (AvgIpc) is 2.49. The third kappa shape index (κ3) is 3.37. The van der Waals surface area contributed by atoms with E-state index in [1.54, 1.807) is 61.7 Å². The number of rotatable bonds is 6. The van der Waals surface area contributed by atoms with Crippen LogP contribution in [0.1, 0.15) is 0 Å². The van der Waals surface area contributed by atoms with Crippen molar-refractivity contribution in [3.8, 4) is 5.75 Å². The van der Waals surface area contributed by atoms with Crippen molar-refractivity contribution in [2.45, 2.75) is 9.79 Å². The zero-order chi connectivity index (χ0) is 14.4. The van der Waals surface area contributed by atoms with Crippen molar-refractivity contribution in [1.29, 1.82) is 0 Å². The Kier molecular flexibility index (Phi) is 4.76. The zero-order valence-corrected chi connectivity index (χ0v) is 12.0. The summed E-state index contributed by atoms with van der Waals surface area (Å²) < 4.78 is 35.0. The molecular weight excluding hydrogens is 276 g/mol. The van der Waals surface area contributed by atoms with E-state index in [9.17, 15) is 8.42 Å². The summed E-state index contributed by atoms with van der Waals surface area (Å²) in [6, 6.07) is 14.7. The van der Waals surface area contributed by atoms with E-state index in [1.165, 1.54) is 0 Å². The second-order valence-corrected chi connectivity index (χ2v) is 6.08. The summed E-state index contributed by atoms with van der Waals surface area (Å²) in [5, 5.41) is 0. The van der Waals surface area contributed by atoms with Gasteiger partial charge in [0.15, 0.2) is 0 Å². The maximum absolute atomic E-state index is 12.3. The predicted octanol–water partition coefficient (Wildman–Crippen LogP) is 2.54. The van der Waals surface area contributed by atoms with Crippen LogP contribution in [0.2, 0.25) is 0 Å². The standard InChI is InChI=1S/C15H16O4S/c1-18-11-12-19-13-7-9-15(10-8-13)20(16,17)14-5-3-2-4-6-14/h2-10H,11-12H2,1H3. The molecule has 0 fully saturated rings. The molecule has 0 radical (unpaired) electrons. The van der Waals surface area contributed by atoms with Gasteiger partial charge in [-0.3, -0.25) is 0 Å². The van der Waals surface area contributed by atoms with E-state index >= 15 is 0 Å². The van der Waals surface area contributed by atoms with Crippen molar-refractivity contribution in [3.63, 3.8) is 0 Å². The summed E-state index contributed by atoms with van der Waals surface area (Å²) in [6.45, 7) is 0.922. The van der Waals surface area contributed by atoms with Crippen LogP contribution in [-0.4, -0.2) is 28.7 Å². The first-order chi connectivity index (χ1) is 9.64. The van der Waals surface area contributed by atoms with Gasteiger partial charge in [0.2, 0.25) is 9.84 Å². The van der Waals surface area contributed by atoms with E-state index in [2.05, 4.69) is 0 Å². The van der Waals surface area contributed by atoms with Gasteiger partial charge in [-0.1, -0.05) is 18.2 Å². The summed E-state index contributed by atoms with van der Waals surface area (Å²) >= 11 is 0. The molecule has 20 heavy (non-hydrogen) atoms. The molecule has 2 aromatic rings. The number of hydrogen-bond donors (Lipinski definition) is 0. The third-order valence-electron chi connectivity index (χ3n) is 2.74. The Morgan fingerprint density at radius 1 is 0.850 bits per heavy atom. The van der Waals surface area contributed by atoms with Crippen LogP contribution in [0.15, 0.2) is 64.4 Å². The molecule has 0 aliphatic carbocycles. The highest BCUT2D eigenvalue weighted by Crippen LogP contribution is 2.22. The number of benzene rings is 2. The Hall–Kier alpha value is -1.85. The molecule has 0 unspecified atom stereocenters. The lowest BCUT2D eigenvalue weighted by molar-refractivity contribution is 0.146. The van der Waals surface area contributed by atoms with Crippen molar-refractivity contribution < 1.29 is 17.9 Å². The molecule has 4 nitrogen and oxygen atoms in total. The Morgan fingerprint density at radius 2 is 1.45 bits per heavy atom. The molecule has 0 spiro atoms. The van der Waals surface area contributed by atoms with E-state index in [4.69, 9.17) is 9.47 Å². The van der Waals surface area contributed by atoms with Crippen LogP contribution >= 0.6 is 0 Å². The summed E-state index contributed by atoms with van der Waals surface area (Å²) in [4.78, 5) is 0.538. The highest BCUT2D eigenvalue weighted by molar-refractivity contribution is 7.91. The third-order valence-corrected chi connectivity index (χ3v) is 4.53. The second-order valence-electron chi connectivity index (χ2n) is 4.13. The molecule has 0 bridgehead atoms. The Bertz CT molecular complexity index is 633. The Labute approximate surface area is 118 Å². The largest absolute Gasteiger partial charge is 0.491 e. The number of ether oxygens (including phenoxy) is 2. The Balaban J connectivity index is 2.17. The van der Waals surface area contributed by atoms with Gasteiger partial charge in [-0.05, 0) is 36.4 Å². The van der Waals surface area contributed by atoms with Crippen LogP contribution in [0.4, 0.5) is 0 Å². The minimum Gasteiger partial charge on any atom is -0.491 e. The first kappa shape index (κ1) is 14.6. The van der Waals surface area contributed by atoms with Crippen molar-refractivity contribution >= 4 is 9.84 Å². The van der Waals surface area contributed by atoms with Gasteiger partial charge in [-0.25, -0.2) is 8.42 Å². The molecule has 2 rings (SSSR count). The van der Waals surface area contributed by atoms with Crippen LogP contribution in [-0.2, 0) is 14.6 Å². The topological polar surface area (TPSA) is 52.6 Å². The van der Waals surface area contributed by atoms with Crippen LogP contribution in [0.5, 0.6) is 5.75 Å². The lowest BCUT2D eigenvalue weighted by Gasteiger charge is -2.07. The summed E-state index contributed by atoms with van der Waals surface area (Å²) in [5.74, 6) is 0.620. The van der Waals surface area contributed by atoms with E-state index in [1.807, 2.05) is 0 Å². The molecule has 0 aliphatic heterocycles. The van der Waals surface area contributed by atoms with Crippen molar-refractivity contribution in [2.24, 2.45) is 0 Å². The van der Waals surface area contributed by atoms with Gasteiger partial charge in [0.25, 0.3) is 0 Å². The van der Waals surface area contributed by atoms with Crippen LogP contribution in [0, 0.1) is 0 Å². The summed E-state index contributed by atoms with van der Waals surface area (Å²) in [7, 11) is -1.87. The first-order valence-corrected chi connectivity index (χ1v) is 7.65. The first-order valence-electron chi connectivity index (χ1n) is 6.16. The molecule has 0 atom stereocenters. The minimum atomic E-state index is -3.46. The lowest BCUT2D eigenvalue weighted by Crippen LogP contribution is -2.05. The average molecular weight is 292 g/mol. The smallest absolute Gasteiger partial charge is 0.206 e. The Morgan fingerprint density at radius 3 is 2.05 bits per heavy atom. The fourth-order valence-corrected chi connectivity index (χ4v) is 2.98. The summed E-state index contributed by atoms with van der Waals surface area (Å²) in [6.07, 6.45) is 0. The van der Waals surface area contributed by atoms with E-state index in [-0.39, 0.29) is 9.79 Å². The van der Waals surface area contributed by atoms with Crippen molar-refractivity contribution in [3.05, 3.63) is 54.6 Å². The molecule has 0 N–H and O–H groups in total.